The zero-order valence-electron chi connectivity index (χ0n) is 8.37. The summed E-state index contributed by atoms with van der Waals surface area (Å²) in [6.07, 6.45) is 0. The fourth-order valence-corrected chi connectivity index (χ4v) is 1.44. The van der Waals surface area contributed by atoms with Crippen molar-refractivity contribution in [1.82, 2.24) is 15.2 Å². The van der Waals surface area contributed by atoms with Gasteiger partial charge in [-0.25, -0.2) is 0 Å². The van der Waals surface area contributed by atoms with Gasteiger partial charge < -0.3 is 11.1 Å². The lowest BCUT2D eigenvalue weighted by molar-refractivity contribution is 0.101. The van der Waals surface area contributed by atoms with Gasteiger partial charge in [0, 0.05) is 5.69 Å². The average Bonchev–Trinajstić information content (AvgIpc) is 2.70. The van der Waals surface area contributed by atoms with Crippen molar-refractivity contribution in [3.05, 3.63) is 34.1 Å². The molecule has 1 heterocycles. The highest BCUT2D eigenvalue weighted by atomic mass is 35.5. The molecule has 6 nitrogen and oxygen atoms in total. The molecule has 0 radical (unpaired) electrons. The van der Waals surface area contributed by atoms with Crippen LogP contribution in [0.5, 0.6) is 0 Å². The Morgan fingerprint density at radius 1 is 1.35 bits per heavy atom. The Hall–Kier alpha value is -1.79. The minimum atomic E-state index is -0.465. The average molecular weight is 272 g/mol. The monoisotopic (exact) mass is 271 g/mol. The van der Waals surface area contributed by atoms with Crippen LogP contribution in [0.2, 0.25) is 10.0 Å². The topological polar surface area (TPSA) is 96.7 Å². The highest BCUT2D eigenvalue weighted by molar-refractivity contribution is 6.42. The number of nitrogens with zero attached hydrogens (tertiary/aromatic N) is 2. The zero-order chi connectivity index (χ0) is 12.4. The quantitative estimate of drug-likeness (QED) is 0.778. The number of nitrogen functional groups attached to an aromatic ring is 1. The minimum Gasteiger partial charge on any atom is -0.366 e. The molecule has 0 atom stereocenters. The van der Waals surface area contributed by atoms with Gasteiger partial charge >= 0.3 is 0 Å². The predicted molar refractivity (Wildman–Crippen MR) is 65.2 cm³/mol. The number of halogens is 2. The molecular formula is C9H7Cl2N5O. The molecule has 0 unspecified atom stereocenters. The van der Waals surface area contributed by atoms with Crippen LogP contribution in [0, 0.1) is 0 Å². The Balaban J connectivity index is 2.15. The van der Waals surface area contributed by atoms with Gasteiger partial charge in [-0.3, -0.25) is 9.89 Å². The molecule has 0 fully saturated rings. The third-order valence-electron chi connectivity index (χ3n) is 1.90. The first-order valence-corrected chi connectivity index (χ1v) is 5.26. The number of nitrogens with two attached hydrogens (primary N) is 1. The van der Waals surface area contributed by atoms with E-state index >= 15 is 0 Å². The van der Waals surface area contributed by atoms with E-state index in [1.807, 2.05) is 0 Å². The van der Waals surface area contributed by atoms with Crippen LogP contribution in [0.1, 0.15) is 10.6 Å². The lowest BCUT2D eigenvalue weighted by atomic mass is 10.3. The molecule has 0 aliphatic carbocycles. The van der Waals surface area contributed by atoms with Gasteiger partial charge in [0.2, 0.25) is 11.8 Å². The van der Waals surface area contributed by atoms with Crippen molar-refractivity contribution in [3.8, 4) is 0 Å². The molecule has 0 saturated carbocycles. The van der Waals surface area contributed by atoms with Gasteiger partial charge in [-0.2, -0.15) is 4.98 Å². The van der Waals surface area contributed by atoms with Crippen molar-refractivity contribution in [2.45, 2.75) is 0 Å². The summed E-state index contributed by atoms with van der Waals surface area (Å²) < 4.78 is 0. The van der Waals surface area contributed by atoms with Crippen molar-refractivity contribution in [3.63, 3.8) is 0 Å². The van der Waals surface area contributed by atoms with E-state index < -0.39 is 5.91 Å². The second-order valence-corrected chi connectivity index (χ2v) is 3.94. The molecule has 2 rings (SSSR count). The summed E-state index contributed by atoms with van der Waals surface area (Å²) in [7, 11) is 0. The molecule has 1 amide bonds. The molecule has 0 bridgehead atoms. The molecular weight excluding hydrogens is 265 g/mol. The second-order valence-electron chi connectivity index (χ2n) is 3.13. The van der Waals surface area contributed by atoms with Gasteiger partial charge in [-0.1, -0.05) is 23.2 Å². The molecule has 1 aromatic carbocycles. The largest absolute Gasteiger partial charge is 0.366 e. The van der Waals surface area contributed by atoms with E-state index in [9.17, 15) is 4.79 Å². The maximum Gasteiger partial charge on any atom is 0.293 e. The molecule has 88 valence electrons. The number of carbonyl (C=O) groups excluding carboxylic acids is 1. The fourth-order valence-electron chi connectivity index (χ4n) is 1.14. The van der Waals surface area contributed by atoms with E-state index in [4.69, 9.17) is 28.9 Å². The normalized spacial score (nSPS) is 10.2. The molecule has 17 heavy (non-hydrogen) atoms. The molecule has 4 N–H and O–H groups in total. The van der Waals surface area contributed by atoms with Gasteiger partial charge in [-0.15, -0.1) is 5.10 Å². The van der Waals surface area contributed by atoms with E-state index in [0.717, 1.165) is 0 Å². The predicted octanol–water partition coefficient (Wildman–Crippen LogP) is 1.95. The third-order valence-corrected chi connectivity index (χ3v) is 2.63. The van der Waals surface area contributed by atoms with Crippen molar-refractivity contribution in [2.75, 3.05) is 11.1 Å². The minimum absolute atomic E-state index is 0.00397. The van der Waals surface area contributed by atoms with Crippen molar-refractivity contribution in [2.24, 2.45) is 0 Å². The van der Waals surface area contributed by atoms with E-state index in [1.165, 1.54) is 6.07 Å². The Kier molecular flexibility index (Phi) is 3.16. The smallest absolute Gasteiger partial charge is 0.293 e. The highest BCUT2D eigenvalue weighted by Crippen LogP contribution is 2.25. The summed E-state index contributed by atoms with van der Waals surface area (Å²) in [5, 5.41) is 9.27. The van der Waals surface area contributed by atoms with Gasteiger partial charge in [0.1, 0.15) is 0 Å². The number of aromatic amines is 1. The molecule has 8 heteroatoms. The van der Waals surface area contributed by atoms with Crippen LogP contribution in [-0.2, 0) is 0 Å². The number of amides is 1. The van der Waals surface area contributed by atoms with Gasteiger partial charge in [-0.05, 0) is 18.2 Å². The molecule has 2 aromatic rings. The number of benzene rings is 1. The summed E-state index contributed by atoms with van der Waals surface area (Å²) >= 11 is 11.6. The van der Waals surface area contributed by atoms with E-state index in [-0.39, 0.29) is 11.8 Å². The first kappa shape index (κ1) is 11.7. The summed E-state index contributed by atoms with van der Waals surface area (Å²) in [5.74, 6) is -0.439. The first-order valence-electron chi connectivity index (χ1n) is 4.50. The Morgan fingerprint density at radius 2 is 2.12 bits per heavy atom. The van der Waals surface area contributed by atoms with Crippen LogP contribution in [-0.4, -0.2) is 21.1 Å². The van der Waals surface area contributed by atoms with Crippen molar-refractivity contribution >= 4 is 40.7 Å². The van der Waals surface area contributed by atoms with E-state index in [0.29, 0.717) is 15.7 Å². The fraction of sp³-hybridized carbons (Fsp3) is 0. The number of rotatable bonds is 2. The van der Waals surface area contributed by atoms with Crippen molar-refractivity contribution < 1.29 is 4.79 Å². The molecule has 0 saturated heterocycles. The second kappa shape index (κ2) is 4.60. The standard InChI is InChI=1S/C9H7Cl2N5O/c10-5-2-1-4(3-6(5)11)13-8(17)7-14-9(12)16-15-7/h1-3H,(H,13,17)(H3,12,14,15,16). The van der Waals surface area contributed by atoms with Crippen LogP contribution in [0.4, 0.5) is 11.6 Å². The van der Waals surface area contributed by atoms with Gasteiger partial charge in [0.15, 0.2) is 0 Å². The van der Waals surface area contributed by atoms with Crippen LogP contribution < -0.4 is 11.1 Å². The Morgan fingerprint density at radius 3 is 2.71 bits per heavy atom. The highest BCUT2D eigenvalue weighted by Gasteiger charge is 2.11. The number of aromatic nitrogens is 3. The molecule has 0 aliphatic rings. The lowest BCUT2D eigenvalue weighted by Crippen LogP contribution is -2.13. The molecule has 0 aliphatic heterocycles. The number of nitrogens with one attached hydrogen (secondary N) is 2. The Labute approximate surface area is 106 Å². The van der Waals surface area contributed by atoms with E-state index in [2.05, 4.69) is 20.5 Å². The Bertz CT molecular complexity index is 568. The number of anilines is 2. The van der Waals surface area contributed by atoms with Crippen LogP contribution in [0.25, 0.3) is 0 Å². The summed E-state index contributed by atoms with van der Waals surface area (Å²) in [5.41, 5.74) is 5.78. The van der Waals surface area contributed by atoms with Crippen LogP contribution >= 0.6 is 23.2 Å². The first-order chi connectivity index (χ1) is 8.06. The third kappa shape index (κ3) is 2.66. The number of hydrogen-bond acceptors (Lipinski definition) is 4. The maximum atomic E-state index is 11.6. The zero-order valence-corrected chi connectivity index (χ0v) is 9.88. The lowest BCUT2D eigenvalue weighted by Gasteiger charge is -2.03. The molecule has 0 spiro atoms. The van der Waals surface area contributed by atoms with Gasteiger partial charge in [0.05, 0.1) is 10.0 Å². The van der Waals surface area contributed by atoms with Gasteiger partial charge in [0.25, 0.3) is 5.91 Å². The SMILES string of the molecule is Nc1n[nH]c(C(=O)Nc2ccc(Cl)c(Cl)c2)n1. The summed E-state index contributed by atoms with van der Waals surface area (Å²) in [6.45, 7) is 0. The van der Waals surface area contributed by atoms with Crippen LogP contribution in [0.15, 0.2) is 18.2 Å². The van der Waals surface area contributed by atoms with Crippen LogP contribution in [0.3, 0.4) is 0 Å². The summed E-state index contributed by atoms with van der Waals surface area (Å²) in [6, 6.07) is 4.72. The number of H-pyrrole nitrogens is 1. The molecule has 1 aromatic heterocycles. The number of carbonyl (C=O) groups is 1. The van der Waals surface area contributed by atoms with E-state index in [1.54, 1.807) is 12.1 Å². The van der Waals surface area contributed by atoms with Crippen molar-refractivity contribution in [1.29, 1.82) is 0 Å². The summed E-state index contributed by atoms with van der Waals surface area (Å²) in [4.78, 5) is 15.3. The number of hydrogen-bond donors (Lipinski definition) is 3. The maximum absolute atomic E-state index is 11.6.